The Morgan fingerprint density at radius 3 is 1.50 bits per heavy atom. The zero-order valence-corrected chi connectivity index (χ0v) is 30.4. The fourth-order valence-electron chi connectivity index (χ4n) is 2.02. The van der Waals surface area contributed by atoms with Crippen molar-refractivity contribution in [1.29, 1.82) is 0 Å². The van der Waals surface area contributed by atoms with Gasteiger partial charge in [0, 0.05) is 13.6 Å². The van der Waals surface area contributed by atoms with Gasteiger partial charge in [0.1, 0.15) is 11.8 Å². The number of benzene rings is 2. The Morgan fingerprint density at radius 2 is 1.14 bits per heavy atom. The third-order valence-corrected chi connectivity index (χ3v) is 16.2. The Balaban J connectivity index is 2.63. The number of aromatic hydroxyl groups is 1. The van der Waals surface area contributed by atoms with Crippen molar-refractivity contribution < 1.29 is 19.7 Å². The van der Waals surface area contributed by atoms with E-state index in [1.165, 1.54) is 0 Å². The van der Waals surface area contributed by atoms with Crippen LogP contribution in [0.25, 0.3) is 0 Å². The predicted molar refractivity (Wildman–Crippen MR) is 176 cm³/mol. The highest BCUT2D eigenvalue weighted by atomic mass is 127. The van der Waals surface area contributed by atoms with Crippen molar-refractivity contribution in [3.05, 3.63) is 34.1 Å². The van der Waals surface area contributed by atoms with Gasteiger partial charge < -0.3 is 20.7 Å². The number of hydrogen-bond donors (Lipinski definition) is 3. The molecule has 28 heavy (non-hydrogen) atoms. The van der Waals surface area contributed by atoms with E-state index in [1.807, 2.05) is 0 Å². The van der Waals surface area contributed by atoms with Crippen molar-refractivity contribution in [3.63, 3.8) is 0 Å². The first-order valence-electron chi connectivity index (χ1n) is 6.96. The standard InChI is InChI=1S/C15H7I8NO4/c16-4-2(1-3(24)15(26)27)5(17)9(21)13(8(4)20)28-14-10(22)6(18)12(25)7(19)11(14)23/h3,25H,1,24H2,(H,26,27)/t3-/m0/s1. The highest BCUT2D eigenvalue weighted by Gasteiger charge is 2.26. The molecule has 0 spiro atoms. The predicted octanol–water partition coefficient (Wildman–Crippen LogP) is 6.98. The van der Waals surface area contributed by atoms with Crippen LogP contribution >= 0.6 is 181 Å². The van der Waals surface area contributed by atoms with Gasteiger partial charge in [0.2, 0.25) is 0 Å². The van der Waals surface area contributed by atoms with E-state index >= 15 is 0 Å². The van der Waals surface area contributed by atoms with Crippen molar-refractivity contribution >= 4 is 187 Å². The van der Waals surface area contributed by atoms with Crippen LogP contribution in [0.3, 0.4) is 0 Å². The van der Waals surface area contributed by atoms with Gasteiger partial charge in [0.15, 0.2) is 11.5 Å². The lowest BCUT2D eigenvalue weighted by molar-refractivity contribution is -0.138. The second-order valence-corrected chi connectivity index (χ2v) is 13.9. The summed E-state index contributed by atoms with van der Waals surface area (Å²) in [6.45, 7) is 0. The maximum Gasteiger partial charge on any atom is 0.320 e. The zero-order valence-electron chi connectivity index (χ0n) is 13.1. The Morgan fingerprint density at radius 1 is 0.786 bits per heavy atom. The second-order valence-electron chi connectivity index (χ2n) is 5.25. The Hall–Kier alpha value is 3.31. The summed E-state index contributed by atoms with van der Waals surface area (Å²) in [6, 6.07) is -0.956. The van der Waals surface area contributed by atoms with E-state index in [-0.39, 0.29) is 12.2 Å². The van der Waals surface area contributed by atoms with Gasteiger partial charge in [-0.15, -0.1) is 0 Å². The molecule has 0 amide bonds. The van der Waals surface area contributed by atoms with E-state index in [1.54, 1.807) is 0 Å². The molecular weight excluding hydrogens is 1270 g/mol. The number of hydrogen-bond acceptors (Lipinski definition) is 4. The summed E-state index contributed by atoms with van der Waals surface area (Å²) >= 11 is 17.5. The van der Waals surface area contributed by atoms with Gasteiger partial charge in [0.05, 0.1) is 21.4 Å². The second kappa shape index (κ2) is 11.6. The Bertz CT molecular complexity index is 923. The van der Waals surface area contributed by atoms with Gasteiger partial charge in [-0.3, -0.25) is 4.79 Å². The van der Waals surface area contributed by atoms with E-state index in [2.05, 4.69) is 181 Å². The van der Waals surface area contributed by atoms with Crippen LogP contribution in [0.15, 0.2) is 0 Å². The summed E-state index contributed by atoms with van der Waals surface area (Å²) in [5.41, 5.74) is 6.68. The number of carbonyl (C=O) groups is 1. The van der Waals surface area contributed by atoms with Crippen molar-refractivity contribution in [2.75, 3.05) is 0 Å². The average Bonchev–Trinajstić information content (AvgIpc) is 2.65. The molecule has 0 aliphatic rings. The molecule has 13 heteroatoms. The van der Waals surface area contributed by atoms with E-state index in [0.29, 0.717) is 5.75 Å². The lowest BCUT2D eigenvalue weighted by Gasteiger charge is -2.20. The summed E-state index contributed by atoms with van der Waals surface area (Å²) < 4.78 is 13.2. The number of ether oxygens (including phenoxy) is 1. The first-order valence-corrected chi connectivity index (χ1v) is 15.6. The minimum atomic E-state index is -1.02. The smallest absolute Gasteiger partial charge is 0.320 e. The minimum absolute atomic E-state index is 0.252. The van der Waals surface area contributed by atoms with Crippen molar-refractivity contribution in [2.45, 2.75) is 12.5 Å². The average molecular weight is 1280 g/mol. The number of aliphatic carboxylic acids is 1. The molecule has 0 bridgehead atoms. The van der Waals surface area contributed by atoms with Crippen LogP contribution in [-0.4, -0.2) is 22.2 Å². The van der Waals surface area contributed by atoms with Gasteiger partial charge in [-0.25, -0.2) is 0 Å². The van der Waals surface area contributed by atoms with Crippen LogP contribution < -0.4 is 10.5 Å². The molecule has 2 aromatic carbocycles. The summed E-state index contributed by atoms with van der Waals surface area (Å²) in [4.78, 5) is 11.2. The third kappa shape index (κ3) is 5.86. The molecule has 0 aliphatic carbocycles. The van der Waals surface area contributed by atoms with E-state index < -0.39 is 12.0 Å². The van der Waals surface area contributed by atoms with Gasteiger partial charge in [-0.1, -0.05) is 0 Å². The molecule has 5 nitrogen and oxygen atoms in total. The molecule has 152 valence electrons. The van der Waals surface area contributed by atoms with Crippen LogP contribution in [0.2, 0.25) is 0 Å². The maximum atomic E-state index is 11.2. The van der Waals surface area contributed by atoms with Crippen LogP contribution in [-0.2, 0) is 11.2 Å². The third-order valence-electron chi connectivity index (χ3n) is 3.46. The van der Waals surface area contributed by atoms with Crippen LogP contribution in [0.4, 0.5) is 0 Å². The minimum Gasteiger partial charge on any atom is -0.506 e. The first kappa shape index (κ1) is 27.6. The van der Waals surface area contributed by atoms with Crippen molar-refractivity contribution in [1.82, 2.24) is 0 Å². The topological polar surface area (TPSA) is 92.8 Å². The number of phenolic OH excluding ortho intramolecular Hbond substituents is 1. The molecule has 0 unspecified atom stereocenters. The quantitative estimate of drug-likeness (QED) is 0.222. The maximum absolute atomic E-state index is 11.2. The number of halogens is 8. The normalized spacial score (nSPS) is 12.2. The van der Waals surface area contributed by atoms with E-state index in [9.17, 15) is 9.90 Å². The molecule has 0 heterocycles. The molecule has 0 radical (unpaired) electrons. The molecule has 0 saturated carbocycles. The fraction of sp³-hybridized carbons (Fsp3) is 0.133. The van der Waals surface area contributed by atoms with Crippen LogP contribution in [0.1, 0.15) is 5.56 Å². The summed E-state index contributed by atoms with van der Waals surface area (Å²) in [7, 11) is 0. The number of rotatable bonds is 5. The molecule has 0 aromatic heterocycles. The number of carboxylic acids is 1. The SMILES string of the molecule is N[C@@H](Cc1c(I)c(I)c(Oc2c(I)c(I)c(O)c(I)c2I)c(I)c1I)C(=O)O. The Kier molecular flexibility index (Phi) is 11.4. The number of phenols is 1. The van der Waals surface area contributed by atoms with Gasteiger partial charge in [-0.2, -0.15) is 0 Å². The summed E-state index contributed by atoms with van der Waals surface area (Å²) in [6.07, 6.45) is 0.252. The molecule has 4 N–H and O–H groups in total. The highest BCUT2D eigenvalue weighted by molar-refractivity contribution is 14.1. The first-order chi connectivity index (χ1) is 12.9. The van der Waals surface area contributed by atoms with Crippen molar-refractivity contribution in [2.24, 2.45) is 5.73 Å². The van der Waals surface area contributed by atoms with Gasteiger partial charge in [-0.05, 0) is 186 Å². The Labute approximate surface area is 270 Å². The largest absolute Gasteiger partial charge is 0.506 e. The molecule has 0 fully saturated rings. The monoisotopic (exact) mass is 1280 g/mol. The zero-order chi connectivity index (χ0) is 21.5. The molecule has 1 atom stereocenters. The fourth-order valence-corrected chi connectivity index (χ4v) is 9.27. The highest BCUT2D eigenvalue weighted by Crippen LogP contribution is 2.46. The van der Waals surface area contributed by atoms with Crippen LogP contribution in [0, 0.1) is 28.6 Å². The van der Waals surface area contributed by atoms with E-state index in [4.69, 9.17) is 15.6 Å². The molecular formula is C15H7I8NO4. The number of nitrogens with two attached hydrogens (primary N) is 1. The molecule has 0 aliphatic heterocycles. The summed E-state index contributed by atoms with van der Waals surface area (Å²) in [5.74, 6) is 0.657. The molecule has 2 aromatic rings. The molecule has 2 rings (SSSR count). The van der Waals surface area contributed by atoms with Gasteiger partial charge >= 0.3 is 5.97 Å². The van der Waals surface area contributed by atoms with Gasteiger partial charge in [0.25, 0.3) is 0 Å². The lowest BCUT2D eigenvalue weighted by atomic mass is 10.1. The lowest BCUT2D eigenvalue weighted by Crippen LogP contribution is -2.33. The van der Waals surface area contributed by atoms with Crippen LogP contribution in [0.5, 0.6) is 17.2 Å². The van der Waals surface area contributed by atoms with E-state index in [0.717, 1.165) is 39.9 Å². The van der Waals surface area contributed by atoms with Crippen molar-refractivity contribution in [3.8, 4) is 17.2 Å². The summed E-state index contributed by atoms with van der Waals surface area (Å²) in [5, 5.41) is 19.4. The molecule has 0 saturated heterocycles. The number of carboxylic acid groups (broad SMARTS) is 1.